The van der Waals surface area contributed by atoms with Gasteiger partial charge >= 0.3 is 0 Å². The zero-order chi connectivity index (χ0) is 9.94. The third kappa shape index (κ3) is 7.79. The number of ether oxygens (including phenoxy) is 1. The molecule has 0 saturated carbocycles. The molecule has 0 aliphatic rings. The van der Waals surface area contributed by atoms with Gasteiger partial charge in [0.05, 0.1) is 13.2 Å². The minimum Gasteiger partial charge on any atom is -0.383 e. The molecule has 76 valence electrons. The second-order valence-corrected chi connectivity index (χ2v) is 2.81. The van der Waals surface area contributed by atoms with E-state index in [2.05, 4.69) is 23.1 Å². The van der Waals surface area contributed by atoms with E-state index in [1.807, 2.05) is 0 Å². The summed E-state index contributed by atoms with van der Waals surface area (Å²) in [5, 5.41) is 3.16. The Balaban J connectivity index is 3.32. The van der Waals surface area contributed by atoms with Gasteiger partial charge in [-0.3, -0.25) is 0 Å². The van der Waals surface area contributed by atoms with Crippen LogP contribution in [0.2, 0.25) is 0 Å². The van der Waals surface area contributed by atoms with Gasteiger partial charge in [-0.25, -0.2) is 0 Å². The maximum absolute atomic E-state index is 5.11. The smallest absolute Gasteiger partial charge is 0.0589 e. The molecule has 0 aromatic heterocycles. The Morgan fingerprint density at radius 1 is 1.46 bits per heavy atom. The van der Waals surface area contributed by atoms with Crippen LogP contribution in [0, 0.1) is 12.3 Å². The Morgan fingerprint density at radius 2 is 2.23 bits per heavy atom. The van der Waals surface area contributed by atoms with Gasteiger partial charge < -0.3 is 15.0 Å². The van der Waals surface area contributed by atoms with Gasteiger partial charge in [-0.1, -0.05) is 12.8 Å². The van der Waals surface area contributed by atoms with Crippen molar-refractivity contribution >= 4 is 0 Å². The molecule has 0 radical (unpaired) electrons. The third-order valence-corrected chi connectivity index (χ3v) is 1.89. The second-order valence-electron chi connectivity index (χ2n) is 2.81. The molecule has 1 N–H and O–H groups in total. The molecule has 3 nitrogen and oxygen atoms in total. The molecule has 13 heavy (non-hydrogen) atoms. The van der Waals surface area contributed by atoms with Crippen molar-refractivity contribution in [2.45, 2.75) is 6.92 Å². The van der Waals surface area contributed by atoms with E-state index in [-0.39, 0.29) is 0 Å². The lowest BCUT2D eigenvalue weighted by Gasteiger charge is -2.19. The van der Waals surface area contributed by atoms with E-state index >= 15 is 0 Å². The normalized spacial score (nSPS) is 10.3. The van der Waals surface area contributed by atoms with Crippen LogP contribution in [-0.4, -0.2) is 51.3 Å². The summed E-state index contributed by atoms with van der Waals surface area (Å²) in [4.78, 5) is 2.33. The molecule has 0 fully saturated rings. The predicted octanol–water partition coefficient (Wildman–Crippen LogP) is 0.178. The van der Waals surface area contributed by atoms with E-state index in [0.29, 0.717) is 6.54 Å². The fourth-order valence-electron chi connectivity index (χ4n) is 1.05. The van der Waals surface area contributed by atoms with Crippen molar-refractivity contribution in [2.75, 3.05) is 46.4 Å². The van der Waals surface area contributed by atoms with Gasteiger partial charge in [-0.15, -0.1) is 6.42 Å². The lowest BCUT2D eigenvalue weighted by Crippen LogP contribution is -2.34. The van der Waals surface area contributed by atoms with Gasteiger partial charge in [0.2, 0.25) is 0 Å². The highest BCUT2D eigenvalue weighted by molar-refractivity contribution is 4.86. The van der Waals surface area contributed by atoms with Gasteiger partial charge in [0.25, 0.3) is 0 Å². The number of rotatable bonds is 8. The monoisotopic (exact) mass is 184 g/mol. The van der Waals surface area contributed by atoms with E-state index in [1.165, 1.54) is 0 Å². The van der Waals surface area contributed by atoms with Gasteiger partial charge in [-0.05, 0) is 6.54 Å². The molecule has 0 unspecified atom stereocenters. The Kier molecular flexibility index (Phi) is 9.12. The highest BCUT2D eigenvalue weighted by Crippen LogP contribution is 1.85. The van der Waals surface area contributed by atoms with Crippen LogP contribution < -0.4 is 5.32 Å². The first kappa shape index (κ1) is 12.4. The van der Waals surface area contributed by atoms with Crippen LogP contribution in [-0.2, 0) is 4.74 Å². The van der Waals surface area contributed by atoms with E-state index in [4.69, 9.17) is 11.2 Å². The number of nitrogens with zero attached hydrogens (tertiary/aromatic N) is 1. The summed E-state index contributed by atoms with van der Waals surface area (Å²) >= 11 is 0. The Bertz CT molecular complexity index is 142. The molecule has 0 atom stereocenters. The number of terminal acetylenes is 1. The Morgan fingerprint density at radius 3 is 2.77 bits per heavy atom. The predicted molar refractivity (Wildman–Crippen MR) is 55.7 cm³/mol. The number of hydrogen-bond acceptors (Lipinski definition) is 3. The molecule has 0 spiro atoms. The highest BCUT2D eigenvalue weighted by atomic mass is 16.5. The molecule has 0 saturated heterocycles. The summed E-state index contributed by atoms with van der Waals surface area (Å²) < 4.78 is 5.01. The van der Waals surface area contributed by atoms with E-state index < -0.39 is 0 Å². The maximum atomic E-state index is 5.11. The number of hydrogen-bond donors (Lipinski definition) is 1. The quantitative estimate of drug-likeness (QED) is 0.430. The first-order chi connectivity index (χ1) is 6.35. The van der Waals surface area contributed by atoms with E-state index in [9.17, 15) is 0 Å². The fraction of sp³-hybridized carbons (Fsp3) is 0.800. The Hall–Kier alpha value is -0.560. The molecule has 0 aromatic rings. The first-order valence-corrected chi connectivity index (χ1v) is 4.70. The van der Waals surface area contributed by atoms with Crippen LogP contribution in [0.25, 0.3) is 0 Å². The topological polar surface area (TPSA) is 24.5 Å². The van der Waals surface area contributed by atoms with Gasteiger partial charge in [0, 0.05) is 26.7 Å². The summed E-state index contributed by atoms with van der Waals surface area (Å²) in [5.74, 6) is 2.55. The Labute approximate surface area is 81.4 Å². The van der Waals surface area contributed by atoms with E-state index in [0.717, 1.165) is 32.8 Å². The standard InChI is InChI=1S/C10H20N2O/c1-4-6-11-7-8-12(5-2)9-10-13-3/h1,11H,5-10H2,2-3H3. The highest BCUT2D eigenvalue weighted by Gasteiger charge is 1.99. The zero-order valence-corrected chi connectivity index (χ0v) is 8.68. The van der Waals surface area contributed by atoms with Crippen molar-refractivity contribution in [3.63, 3.8) is 0 Å². The van der Waals surface area contributed by atoms with Crippen LogP contribution in [0.3, 0.4) is 0 Å². The number of likely N-dealkylation sites (N-methyl/N-ethyl adjacent to an activating group) is 1. The largest absolute Gasteiger partial charge is 0.383 e. The van der Waals surface area contributed by atoms with Crippen LogP contribution in [0.5, 0.6) is 0 Å². The third-order valence-electron chi connectivity index (χ3n) is 1.89. The van der Waals surface area contributed by atoms with Gasteiger partial charge in [-0.2, -0.15) is 0 Å². The molecular formula is C10H20N2O. The summed E-state index contributed by atoms with van der Waals surface area (Å²) in [6, 6.07) is 0. The minimum atomic E-state index is 0.655. The molecule has 0 aliphatic carbocycles. The van der Waals surface area contributed by atoms with Gasteiger partial charge in [0.1, 0.15) is 0 Å². The summed E-state index contributed by atoms with van der Waals surface area (Å²) in [6.07, 6.45) is 5.11. The van der Waals surface area contributed by atoms with Crippen molar-refractivity contribution in [2.24, 2.45) is 0 Å². The molecule has 0 aromatic carbocycles. The zero-order valence-electron chi connectivity index (χ0n) is 8.68. The average molecular weight is 184 g/mol. The van der Waals surface area contributed by atoms with Crippen LogP contribution >= 0.6 is 0 Å². The molecule has 3 heteroatoms. The SMILES string of the molecule is C#CCNCCN(CC)CCOC. The van der Waals surface area contributed by atoms with Crippen LogP contribution in [0.4, 0.5) is 0 Å². The maximum Gasteiger partial charge on any atom is 0.0589 e. The van der Waals surface area contributed by atoms with Crippen molar-refractivity contribution in [3.05, 3.63) is 0 Å². The molecule has 0 amide bonds. The van der Waals surface area contributed by atoms with Gasteiger partial charge in [0.15, 0.2) is 0 Å². The van der Waals surface area contributed by atoms with Crippen molar-refractivity contribution in [1.29, 1.82) is 0 Å². The molecular weight excluding hydrogens is 164 g/mol. The molecule has 0 bridgehead atoms. The first-order valence-electron chi connectivity index (χ1n) is 4.70. The van der Waals surface area contributed by atoms with E-state index in [1.54, 1.807) is 7.11 Å². The lowest BCUT2D eigenvalue weighted by molar-refractivity contribution is 0.151. The van der Waals surface area contributed by atoms with Crippen LogP contribution in [0.15, 0.2) is 0 Å². The van der Waals surface area contributed by atoms with Crippen molar-refractivity contribution in [1.82, 2.24) is 10.2 Å². The average Bonchev–Trinajstić information content (AvgIpc) is 2.17. The molecule has 0 aliphatic heterocycles. The van der Waals surface area contributed by atoms with Crippen molar-refractivity contribution < 1.29 is 4.74 Å². The lowest BCUT2D eigenvalue weighted by atomic mass is 10.4. The minimum absolute atomic E-state index is 0.655. The summed E-state index contributed by atoms with van der Waals surface area (Å²) in [5.41, 5.74) is 0. The van der Waals surface area contributed by atoms with Crippen LogP contribution in [0.1, 0.15) is 6.92 Å². The fourth-order valence-corrected chi connectivity index (χ4v) is 1.05. The summed E-state index contributed by atoms with van der Waals surface area (Å²) in [7, 11) is 1.73. The molecule has 0 heterocycles. The van der Waals surface area contributed by atoms with Crippen molar-refractivity contribution in [3.8, 4) is 12.3 Å². The summed E-state index contributed by atoms with van der Waals surface area (Å²) in [6.45, 7) is 7.62. The molecule has 0 rings (SSSR count). The number of nitrogens with one attached hydrogen (secondary N) is 1. The second kappa shape index (κ2) is 9.53. The number of methoxy groups -OCH3 is 1.